The van der Waals surface area contributed by atoms with Crippen LogP contribution < -0.4 is 11.1 Å². The Morgan fingerprint density at radius 3 is 2.79 bits per heavy atom. The first kappa shape index (κ1) is 9.99. The number of nitrogens with two attached hydrogens (primary N) is 1. The molecule has 0 bridgehead atoms. The summed E-state index contributed by atoms with van der Waals surface area (Å²) in [5, 5.41) is 3.51. The molecule has 2 rings (SSSR count). The molecule has 0 heterocycles. The average Bonchev–Trinajstić information content (AvgIpc) is 2.83. The van der Waals surface area contributed by atoms with E-state index in [1.54, 1.807) is 0 Å². The normalized spacial score (nSPS) is 18.1. The molecule has 0 atom stereocenters. The van der Waals surface area contributed by atoms with Gasteiger partial charge in [0.2, 0.25) is 0 Å². The highest BCUT2D eigenvalue weighted by molar-refractivity contribution is 9.10. The second kappa shape index (κ2) is 3.55. The summed E-state index contributed by atoms with van der Waals surface area (Å²) in [4.78, 5) is 0. The van der Waals surface area contributed by atoms with Crippen molar-refractivity contribution in [1.82, 2.24) is 5.32 Å². The molecule has 0 radical (unpaired) electrons. The summed E-state index contributed by atoms with van der Waals surface area (Å²) in [5.74, 6) is 0. The van der Waals surface area contributed by atoms with E-state index in [-0.39, 0.29) is 0 Å². The van der Waals surface area contributed by atoms with Crippen molar-refractivity contribution in [3.8, 4) is 0 Å². The Morgan fingerprint density at radius 1 is 1.50 bits per heavy atom. The SMILES string of the molecule is CC1(NCc2ccc(Br)cc2N)CC1. The van der Waals surface area contributed by atoms with Crippen molar-refractivity contribution in [2.24, 2.45) is 0 Å². The fourth-order valence-corrected chi connectivity index (χ4v) is 1.78. The van der Waals surface area contributed by atoms with Gasteiger partial charge in [-0.3, -0.25) is 0 Å². The second-order valence-electron chi connectivity index (χ2n) is 4.26. The molecule has 0 aliphatic heterocycles. The molecule has 3 heteroatoms. The lowest BCUT2D eigenvalue weighted by Crippen LogP contribution is -2.27. The topological polar surface area (TPSA) is 38.0 Å². The molecule has 1 aromatic rings. The molecule has 1 saturated carbocycles. The predicted molar refractivity (Wildman–Crippen MR) is 63.0 cm³/mol. The molecule has 3 N–H and O–H groups in total. The number of benzene rings is 1. The zero-order valence-electron chi connectivity index (χ0n) is 8.31. The van der Waals surface area contributed by atoms with Crippen molar-refractivity contribution in [2.75, 3.05) is 5.73 Å². The predicted octanol–water partition coefficient (Wildman–Crippen LogP) is 2.67. The van der Waals surface area contributed by atoms with E-state index >= 15 is 0 Å². The molecule has 1 aliphatic carbocycles. The van der Waals surface area contributed by atoms with E-state index in [1.807, 2.05) is 12.1 Å². The van der Waals surface area contributed by atoms with Gasteiger partial charge < -0.3 is 11.1 Å². The zero-order valence-corrected chi connectivity index (χ0v) is 9.89. The van der Waals surface area contributed by atoms with E-state index in [1.165, 1.54) is 18.4 Å². The van der Waals surface area contributed by atoms with Crippen molar-refractivity contribution in [3.63, 3.8) is 0 Å². The maximum Gasteiger partial charge on any atom is 0.0370 e. The van der Waals surface area contributed by atoms with Gasteiger partial charge in [0.05, 0.1) is 0 Å². The van der Waals surface area contributed by atoms with Crippen molar-refractivity contribution in [2.45, 2.75) is 31.8 Å². The quantitative estimate of drug-likeness (QED) is 0.815. The van der Waals surface area contributed by atoms with Crippen molar-refractivity contribution >= 4 is 21.6 Å². The molecule has 14 heavy (non-hydrogen) atoms. The number of halogens is 1. The van der Waals surface area contributed by atoms with Gasteiger partial charge in [-0.15, -0.1) is 0 Å². The number of hydrogen-bond donors (Lipinski definition) is 2. The van der Waals surface area contributed by atoms with E-state index in [4.69, 9.17) is 5.73 Å². The van der Waals surface area contributed by atoms with Gasteiger partial charge in [0.15, 0.2) is 0 Å². The maximum absolute atomic E-state index is 5.90. The van der Waals surface area contributed by atoms with Crippen LogP contribution in [0.25, 0.3) is 0 Å². The van der Waals surface area contributed by atoms with Crippen molar-refractivity contribution in [1.29, 1.82) is 0 Å². The number of hydrogen-bond acceptors (Lipinski definition) is 2. The van der Waals surface area contributed by atoms with E-state index in [9.17, 15) is 0 Å². The Bertz CT molecular complexity index is 345. The maximum atomic E-state index is 5.90. The van der Waals surface area contributed by atoms with E-state index in [2.05, 4.69) is 34.2 Å². The van der Waals surface area contributed by atoms with Gasteiger partial charge in [-0.25, -0.2) is 0 Å². The van der Waals surface area contributed by atoms with Gasteiger partial charge in [-0.2, -0.15) is 0 Å². The molecule has 0 unspecified atom stereocenters. The third-order valence-electron chi connectivity index (χ3n) is 2.81. The number of nitrogen functional groups attached to an aromatic ring is 1. The van der Waals surface area contributed by atoms with Gasteiger partial charge in [0.25, 0.3) is 0 Å². The van der Waals surface area contributed by atoms with Gasteiger partial charge in [0, 0.05) is 22.2 Å². The number of nitrogens with one attached hydrogen (secondary N) is 1. The largest absolute Gasteiger partial charge is 0.398 e. The van der Waals surface area contributed by atoms with Crippen LogP contribution in [0.1, 0.15) is 25.3 Å². The highest BCUT2D eigenvalue weighted by Crippen LogP contribution is 2.34. The first-order valence-electron chi connectivity index (χ1n) is 4.88. The van der Waals surface area contributed by atoms with Crippen LogP contribution in [0.5, 0.6) is 0 Å². The lowest BCUT2D eigenvalue weighted by atomic mass is 10.1. The summed E-state index contributed by atoms with van der Waals surface area (Å²) in [6, 6.07) is 6.05. The van der Waals surface area contributed by atoms with E-state index in [0.717, 1.165) is 16.7 Å². The standard InChI is InChI=1S/C11H15BrN2/c1-11(4-5-11)14-7-8-2-3-9(12)6-10(8)13/h2-3,6,14H,4-5,7,13H2,1H3. The summed E-state index contributed by atoms with van der Waals surface area (Å²) < 4.78 is 1.04. The minimum Gasteiger partial charge on any atom is -0.398 e. The Hall–Kier alpha value is -0.540. The third-order valence-corrected chi connectivity index (χ3v) is 3.31. The van der Waals surface area contributed by atoms with Crippen LogP contribution >= 0.6 is 15.9 Å². The van der Waals surface area contributed by atoms with Gasteiger partial charge in [-0.05, 0) is 37.5 Å². The van der Waals surface area contributed by atoms with E-state index in [0.29, 0.717) is 5.54 Å². The lowest BCUT2D eigenvalue weighted by molar-refractivity contribution is 0.538. The Kier molecular flexibility index (Phi) is 2.54. The molecule has 0 saturated heterocycles. The Labute approximate surface area is 93.0 Å². The van der Waals surface area contributed by atoms with E-state index < -0.39 is 0 Å². The van der Waals surface area contributed by atoms with Crippen LogP contribution in [0.3, 0.4) is 0 Å². The molecule has 1 aliphatic rings. The molecule has 2 nitrogen and oxygen atoms in total. The highest BCUT2D eigenvalue weighted by Gasteiger charge is 2.36. The number of anilines is 1. The van der Waals surface area contributed by atoms with Crippen LogP contribution in [0.4, 0.5) is 5.69 Å². The smallest absolute Gasteiger partial charge is 0.0370 e. The third kappa shape index (κ3) is 2.28. The van der Waals surface area contributed by atoms with Crippen LogP contribution in [0.15, 0.2) is 22.7 Å². The average molecular weight is 255 g/mol. The molecule has 0 spiro atoms. The first-order chi connectivity index (χ1) is 6.59. The van der Waals surface area contributed by atoms with Gasteiger partial charge >= 0.3 is 0 Å². The highest BCUT2D eigenvalue weighted by atomic mass is 79.9. The van der Waals surface area contributed by atoms with Gasteiger partial charge in [-0.1, -0.05) is 22.0 Å². The van der Waals surface area contributed by atoms with Crippen LogP contribution in [-0.4, -0.2) is 5.54 Å². The molecule has 1 aromatic carbocycles. The molecule has 1 fully saturated rings. The minimum atomic E-state index is 0.375. The fourth-order valence-electron chi connectivity index (χ4n) is 1.40. The monoisotopic (exact) mass is 254 g/mol. The summed E-state index contributed by atoms with van der Waals surface area (Å²) in [6.45, 7) is 3.12. The van der Waals surface area contributed by atoms with Crippen LogP contribution in [0, 0.1) is 0 Å². The number of rotatable bonds is 3. The lowest BCUT2D eigenvalue weighted by Gasteiger charge is -2.12. The van der Waals surface area contributed by atoms with Crippen molar-refractivity contribution < 1.29 is 0 Å². The van der Waals surface area contributed by atoms with Crippen LogP contribution in [-0.2, 0) is 6.54 Å². The van der Waals surface area contributed by atoms with Crippen molar-refractivity contribution in [3.05, 3.63) is 28.2 Å². The summed E-state index contributed by atoms with van der Waals surface area (Å²) >= 11 is 3.40. The summed E-state index contributed by atoms with van der Waals surface area (Å²) in [6.07, 6.45) is 2.56. The summed E-state index contributed by atoms with van der Waals surface area (Å²) in [7, 11) is 0. The molecular formula is C11H15BrN2. The van der Waals surface area contributed by atoms with Gasteiger partial charge in [0.1, 0.15) is 0 Å². The minimum absolute atomic E-state index is 0.375. The molecule has 0 aromatic heterocycles. The second-order valence-corrected chi connectivity index (χ2v) is 5.17. The summed E-state index contributed by atoms with van der Waals surface area (Å²) in [5.41, 5.74) is 8.31. The molecule has 76 valence electrons. The van der Waals surface area contributed by atoms with Crippen LogP contribution in [0.2, 0.25) is 0 Å². The Morgan fingerprint density at radius 2 is 2.21 bits per heavy atom. The molecular weight excluding hydrogens is 240 g/mol. The fraction of sp³-hybridized carbons (Fsp3) is 0.455. The molecule has 0 amide bonds. The first-order valence-corrected chi connectivity index (χ1v) is 5.67. The zero-order chi connectivity index (χ0) is 10.2. The Balaban J connectivity index is 2.02.